The molecule has 2 amide bonds. The van der Waals surface area contributed by atoms with Crippen molar-refractivity contribution < 1.29 is 22.9 Å². The Balaban J connectivity index is 1.83. The quantitative estimate of drug-likeness (QED) is 0.124. The average molecular weight is 708 g/mol. The Labute approximate surface area is 277 Å². The summed E-state index contributed by atoms with van der Waals surface area (Å²) in [7, 11) is -4.38. The molecule has 0 aliphatic rings. The number of carbonyl (C=O) groups excluding carboxylic acids is 2. The van der Waals surface area contributed by atoms with Gasteiger partial charge in [-0.2, -0.15) is 0 Å². The number of anilines is 1. The second kappa shape index (κ2) is 15.6. The molecule has 240 valence electrons. The fourth-order valence-electron chi connectivity index (χ4n) is 4.84. The first kappa shape index (κ1) is 34.3. The van der Waals surface area contributed by atoms with Gasteiger partial charge in [0.25, 0.3) is 15.7 Å². The molecule has 1 N–H and O–H groups in total. The van der Waals surface area contributed by atoms with Gasteiger partial charge in [-0.3, -0.25) is 24.0 Å². The van der Waals surface area contributed by atoms with Gasteiger partial charge < -0.3 is 10.2 Å². The van der Waals surface area contributed by atoms with E-state index in [1.54, 1.807) is 18.2 Å². The van der Waals surface area contributed by atoms with E-state index in [-0.39, 0.29) is 41.2 Å². The maximum absolute atomic E-state index is 14.5. The summed E-state index contributed by atoms with van der Waals surface area (Å²) < 4.78 is 29.7. The third kappa shape index (κ3) is 8.79. The summed E-state index contributed by atoms with van der Waals surface area (Å²) in [5, 5.41) is 14.6. The maximum atomic E-state index is 14.5. The number of non-ortho nitro benzene ring substituents is 1. The van der Waals surface area contributed by atoms with Crippen LogP contribution in [0.15, 0.2) is 119 Å². The lowest BCUT2D eigenvalue weighted by molar-refractivity contribution is -0.384. The van der Waals surface area contributed by atoms with Crippen LogP contribution in [0.2, 0.25) is 0 Å². The zero-order valence-electron chi connectivity index (χ0n) is 25.5. The summed E-state index contributed by atoms with van der Waals surface area (Å²) >= 11 is 3.47. The molecular weight excluding hydrogens is 672 g/mol. The predicted molar refractivity (Wildman–Crippen MR) is 181 cm³/mol. The fourth-order valence-corrected chi connectivity index (χ4v) is 6.71. The first-order valence-electron chi connectivity index (χ1n) is 14.7. The van der Waals surface area contributed by atoms with Gasteiger partial charge in [-0.05, 0) is 54.8 Å². The molecule has 0 fully saturated rings. The number of benzene rings is 4. The third-order valence-electron chi connectivity index (χ3n) is 7.45. The first-order valence-corrected chi connectivity index (χ1v) is 16.9. The molecule has 0 saturated heterocycles. The molecule has 0 unspecified atom stereocenters. The number of nitrogens with one attached hydrogen (secondary N) is 1. The van der Waals surface area contributed by atoms with Gasteiger partial charge in [-0.1, -0.05) is 89.6 Å². The van der Waals surface area contributed by atoms with E-state index in [2.05, 4.69) is 21.2 Å². The molecule has 2 atom stereocenters. The minimum atomic E-state index is -4.38. The van der Waals surface area contributed by atoms with Crippen molar-refractivity contribution in [2.45, 2.75) is 50.2 Å². The van der Waals surface area contributed by atoms with Crippen LogP contribution in [-0.2, 0) is 32.6 Å². The molecule has 4 rings (SSSR count). The van der Waals surface area contributed by atoms with E-state index in [4.69, 9.17) is 0 Å². The largest absolute Gasteiger partial charge is 0.352 e. The normalized spacial score (nSPS) is 12.5. The van der Waals surface area contributed by atoms with E-state index in [9.17, 15) is 28.1 Å². The number of nitro benzene ring substituents is 1. The Morgan fingerprint density at radius 2 is 1.52 bits per heavy atom. The number of nitrogens with zero attached hydrogens (tertiary/aromatic N) is 3. The number of sulfonamides is 1. The number of amides is 2. The Bertz CT molecular complexity index is 1770. The molecule has 0 aliphatic carbocycles. The van der Waals surface area contributed by atoms with Gasteiger partial charge in [0.15, 0.2) is 0 Å². The Morgan fingerprint density at radius 1 is 0.891 bits per heavy atom. The van der Waals surface area contributed by atoms with Crippen LogP contribution in [-0.4, -0.2) is 48.7 Å². The van der Waals surface area contributed by atoms with Crippen LogP contribution >= 0.6 is 15.9 Å². The van der Waals surface area contributed by atoms with Crippen LogP contribution in [0.1, 0.15) is 31.4 Å². The lowest BCUT2D eigenvalue weighted by atomic mass is 10.0. The van der Waals surface area contributed by atoms with Crippen LogP contribution in [0.3, 0.4) is 0 Å². The molecular formula is C34H35BrN4O6S. The number of hydrogen-bond acceptors (Lipinski definition) is 6. The van der Waals surface area contributed by atoms with Crippen molar-refractivity contribution in [2.24, 2.45) is 0 Å². The zero-order chi connectivity index (χ0) is 33.3. The van der Waals surface area contributed by atoms with Crippen LogP contribution in [0.4, 0.5) is 11.4 Å². The Morgan fingerprint density at radius 3 is 2.15 bits per heavy atom. The summed E-state index contributed by atoms with van der Waals surface area (Å²) in [5.41, 5.74) is 1.13. The summed E-state index contributed by atoms with van der Waals surface area (Å²) in [4.78, 5) is 40.7. The molecule has 12 heteroatoms. The topological polar surface area (TPSA) is 130 Å². The van der Waals surface area contributed by atoms with Gasteiger partial charge in [0.2, 0.25) is 11.8 Å². The number of carbonyl (C=O) groups is 2. The first-order chi connectivity index (χ1) is 22.0. The van der Waals surface area contributed by atoms with Gasteiger partial charge in [0.05, 0.1) is 15.5 Å². The van der Waals surface area contributed by atoms with E-state index in [1.165, 1.54) is 35.2 Å². The molecule has 4 aromatic carbocycles. The molecule has 10 nitrogen and oxygen atoms in total. The van der Waals surface area contributed by atoms with Gasteiger partial charge in [-0.15, -0.1) is 0 Å². The van der Waals surface area contributed by atoms with Crippen LogP contribution in [0.5, 0.6) is 0 Å². The summed E-state index contributed by atoms with van der Waals surface area (Å²) in [6.07, 6.45) is 0.838. The van der Waals surface area contributed by atoms with Crippen LogP contribution in [0, 0.1) is 10.1 Å². The molecule has 0 aromatic heterocycles. The van der Waals surface area contributed by atoms with Crippen molar-refractivity contribution in [2.75, 3.05) is 10.8 Å². The smallest absolute Gasteiger partial charge is 0.271 e. The van der Waals surface area contributed by atoms with Gasteiger partial charge in [0, 0.05) is 35.6 Å². The van der Waals surface area contributed by atoms with E-state index >= 15 is 0 Å². The Hall–Kier alpha value is -4.55. The summed E-state index contributed by atoms with van der Waals surface area (Å²) in [5.74, 6) is -1.04. The minimum Gasteiger partial charge on any atom is -0.352 e. The van der Waals surface area contributed by atoms with Crippen molar-refractivity contribution >= 4 is 49.1 Å². The highest BCUT2D eigenvalue weighted by molar-refractivity contribution is 9.10. The standard InChI is InChI=1S/C34H35BrN4O6S/c1-3-25(2)36-34(41)32(21-26-12-6-4-7-13-26)37(23-27-14-10-15-28(35)20-27)33(40)24-38(29-16-11-17-30(22-29)39(42)43)46(44,45)31-18-8-5-9-19-31/h4-20,22,25,32H,3,21,23-24H2,1-2H3,(H,36,41)/t25-,32+/m0/s1. The van der Waals surface area contributed by atoms with Gasteiger partial charge >= 0.3 is 0 Å². The highest BCUT2D eigenvalue weighted by Crippen LogP contribution is 2.28. The van der Waals surface area contributed by atoms with Gasteiger partial charge in [0.1, 0.15) is 12.6 Å². The SMILES string of the molecule is CC[C@H](C)NC(=O)[C@@H](Cc1ccccc1)N(Cc1cccc(Br)c1)C(=O)CN(c1cccc([N+](=O)[O-])c1)S(=O)(=O)c1ccccc1. The van der Waals surface area contributed by atoms with E-state index in [0.29, 0.717) is 12.0 Å². The van der Waals surface area contributed by atoms with Crippen molar-refractivity contribution in [3.8, 4) is 0 Å². The van der Waals surface area contributed by atoms with Crippen molar-refractivity contribution in [3.05, 3.63) is 135 Å². The second-order valence-corrected chi connectivity index (χ2v) is 13.6. The molecule has 0 aliphatic heterocycles. The molecule has 46 heavy (non-hydrogen) atoms. The molecule has 0 saturated carbocycles. The molecule has 4 aromatic rings. The average Bonchev–Trinajstić information content (AvgIpc) is 3.05. The van der Waals surface area contributed by atoms with E-state index in [0.717, 1.165) is 20.4 Å². The zero-order valence-corrected chi connectivity index (χ0v) is 27.9. The van der Waals surface area contributed by atoms with E-state index < -0.39 is 33.4 Å². The highest BCUT2D eigenvalue weighted by atomic mass is 79.9. The Kier molecular flexibility index (Phi) is 11.7. The fraction of sp³-hybridized carbons (Fsp3) is 0.235. The maximum Gasteiger partial charge on any atom is 0.271 e. The monoisotopic (exact) mass is 706 g/mol. The highest BCUT2D eigenvalue weighted by Gasteiger charge is 2.35. The molecule has 0 radical (unpaired) electrons. The van der Waals surface area contributed by atoms with Crippen molar-refractivity contribution in [3.63, 3.8) is 0 Å². The third-order valence-corrected chi connectivity index (χ3v) is 9.73. The van der Waals surface area contributed by atoms with Crippen molar-refractivity contribution in [1.29, 1.82) is 0 Å². The minimum absolute atomic E-state index is 0.00212. The molecule has 0 heterocycles. The number of hydrogen-bond donors (Lipinski definition) is 1. The number of nitro groups is 1. The van der Waals surface area contributed by atoms with Crippen LogP contribution in [0.25, 0.3) is 0 Å². The molecule has 0 spiro atoms. The number of halogens is 1. The number of rotatable bonds is 14. The lowest BCUT2D eigenvalue weighted by Gasteiger charge is -2.34. The lowest BCUT2D eigenvalue weighted by Crippen LogP contribution is -2.54. The summed E-state index contributed by atoms with van der Waals surface area (Å²) in [6.45, 7) is 3.09. The van der Waals surface area contributed by atoms with Crippen molar-refractivity contribution in [1.82, 2.24) is 10.2 Å². The van der Waals surface area contributed by atoms with Crippen LogP contribution < -0.4 is 9.62 Å². The molecule has 0 bridgehead atoms. The second-order valence-electron chi connectivity index (χ2n) is 10.8. The predicted octanol–water partition coefficient (Wildman–Crippen LogP) is 6.11. The van der Waals surface area contributed by atoms with E-state index in [1.807, 2.05) is 68.4 Å². The summed E-state index contributed by atoms with van der Waals surface area (Å²) in [6, 6.07) is 28.0. The van der Waals surface area contributed by atoms with Gasteiger partial charge in [-0.25, -0.2) is 8.42 Å².